The second-order valence-electron chi connectivity index (χ2n) is 5.75. The first-order valence-electron chi connectivity index (χ1n) is 7.34. The van der Waals surface area contributed by atoms with Crippen molar-refractivity contribution in [3.63, 3.8) is 0 Å². The van der Waals surface area contributed by atoms with Gasteiger partial charge in [0.05, 0.1) is 5.41 Å². The molecule has 0 unspecified atom stereocenters. The lowest BCUT2D eigenvalue weighted by Crippen LogP contribution is -2.31. The number of nitrogens with one attached hydrogen (secondary N) is 1. The highest BCUT2D eigenvalue weighted by Gasteiger charge is 2.45. The molecule has 1 aliphatic rings. The van der Waals surface area contributed by atoms with Gasteiger partial charge in [-0.2, -0.15) is 0 Å². The van der Waals surface area contributed by atoms with Crippen LogP contribution in [0.1, 0.15) is 72.6 Å². The Labute approximate surface area is 117 Å². The molecule has 0 aliphatic carbocycles. The van der Waals surface area contributed by atoms with E-state index in [0.29, 0.717) is 6.42 Å². The number of amides is 2. The quantitative estimate of drug-likeness (QED) is 0.584. The Hall–Kier alpha value is -1.12. The summed E-state index contributed by atoms with van der Waals surface area (Å²) in [6.07, 6.45) is 6.35. The molecule has 0 atom stereocenters. The lowest BCUT2D eigenvalue weighted by atomic mass is 9.77. The highest BCUT2D eigenvalue weighted by atomic mass is 16.2. The molecule has 2 amide bonds. The van der Waals surface area contributed by atoms with Crippen LogP contribution in [-0.2, 0) is 9.59 Å². The number of carbonyl (C=O) groups excluding carboxylic acids is 2. The number of carbonyl (C=O) groups is 2. The van der Waals surface area contributed by atoms with Gasteiger partial charge in [0, 0.05) is 6.42 Å². The predicted molar refractivity (Wildman–Crippen MR) is 79.7 cm³/mol. The first-order chi connectivity index (χ1) is 8.88. The molecule has 3 nitrogen and oxygen atoms in total. The van der Waals surface area contributed by atoms with Crippen molar-refractivity contribution in [2.24, 2.45) is 5.41 Å². The van der Waals surface area contributed by atoms with E-state index in [1.807, 2.05) is 13.8 Å². The molecule has 1 heterocycles. The van der Waals surface area contributed by atoms with Crippen molar-refractivity contribution in [2.75, 3.05) is 0 Å². The van der Waals surface area contributed by atoms with Gasteiger partial charge in [-0.15, -0.1) is 6.58 Å². The molecule has 0 bridgehead atoms. The van der Waals surface area contributed by atoms with Crippen LogP contribution in [-0.4, -0.2) is 11.8 Å². The molecule has 1 rings (SSSR count). The van der Waals surface area contributed by atoms with E-state index >= 15 is 0 Å². The van der Waals surface area contributed by atoms with Gasteiger partial charge in [-0.25, -0.2) is 0 Å². The number of allylic oxidation sites excluding steroid dienone is 1. The van der Waals surface area contributed by atoms with Crippen LogP contribution in [0.3, 0.4) is 0 Å². The van der Waals surface area contributed by atoms with Gasteiger partial charge in [-0.3, -0.25) is 14.9 Å². The zero-order valence-corrected chi connectivity index (χ0v) is 13.0. The Balaban J connectivity index is 0.000000711. The molecular formula is C16H29NO2. The van der Waals surface area contributed by atoms with Crippen LogP contribution >= 0.6 is 0 Å². The molecule has 0 aromatic heterocycles. The summed E-state index contributed by atoms with van der Waals surface area (Å²) >= 11 is 0. The van der Waals surface area contributed by atoms with Crippen LogP contribution in [0.25, 0.3) is 0 Å². The summed E-state index contributed by atoms with van der Waals surface area (Å²) in [5.41, 5.74) is 0.795. The van der Waals surface area contributed by atoms with Crippen molar-refractivity contribution < 1.29 is 9.59 Å². The van der Waals surface area contributed by atoms with Gasteiger partial charge < -0.3 is 0 Å². The molecule has 110 valence electrons. The predicted octanol–water partition coefficient (Wildman–Crippen LogP) is 3.98. The number of unbranched alkanes of at least 4 members (excludes halogenated alkanes) is 2. The van der Waals surface area contributed by atoms with E-state index in [0.717, 1.165) is 38.5 Å². The van der Waals surface area contributed by atoms with Gasteiger partial charge in [0.25, 0.3) is 0 Å². The smallest absolute Gasteiger partial charge is 0.233 e. The van der Waals surface area contributed by atoms with E-state index in [-0.39, 0.29) is 17.2 Å². The fraction of sp³-hybridized carbons (Fsp3) is 0.750. The van der Waals surface area contributed by atoms with E-state index < -0.39 is 0 Å². The van der Waals surface area contributed by atoms with Crippen molar-refractivity contribution in [2.45, 2.75) is 72.6 Å². The van der Waals surface area contributed by atoms with Gasteiger partial charge in [-0.05, 0) is 26.7 Å². The van der Waals surface area contributed by atoms with E-state index in [1.165, 1.54) is 5.57 Å². The molecule has 1 fully saturated rings. The van der Waals surface area contributed by atoms with Gasteiger partial charge in [0.2, 0.25) is 11.8 Å². The van der Waals surface area contributed by atoms with Crippen molar-refractivity contribution in [3.05, 3.63) is 12.2 Å². The Kier molecular flexibility index (Phi) is 8.37. The van der Waals surface area contributed by atoms with Gasteiger partial charge in [-0.1, -0.05) is 45.1 Å². The van der Waals surface area contributed by atoms with Crippen molar-refractivity contribution in [1.82, 2.24) is 5.32 Å². The molecule has 0 aromatic carbocycles. The summed E-state index contributed by atoms with van der Waals surface area (Å²) in [7, 11) is 0. The van der Waals surface area contributed by atoms with Crippen LogP contribution in [0.15, 0.2) is 12.2 Å². The van der Waals surface area contributed by atoms with Crippen molar-refractivity contribution in [1.29, 1.82) is 0 Å². The minimum atomic E-state index is -0.372. The third-order valence-electron chi connectivity index (χ3n) is 3.25. The summed E-state index contributed by atoms with van der Waals surface area (Å²) in [6.45, 7) is 11.7. The second-order valence-corrected chi connectivity index (χ2v) is 5.75. The molecule has 0 radical (unpaired) electrons. The lowest BCUT2D eigenvalue weighted by molar-refractivity contribution is -0.129. The van der Waals surface area contributed by atoms with Crippen LogP contribution in [0.5, 0.6) is 0 Å². The normalized spacial score (nSPS) is 16.6. The molecule has 3 heteroatoms. The molecule has 1 aliphatic heterocycles. The zero-order chi connectivity index (χ0) is 14.9. The summed E-state index contributed by atoms with van der Waals surface area (Å²) in [6, 6.07) is 0. The van der Waals surface area contributed by atoms with Crippen LogP contribution < -0.4 is 5.32 Å². The number of hydrogen-bond acceptors (Lipinski definition) is 2. The first kappa shape index (κ1) is 17.9. The number of hydrogen-bond donors (Lipinski definition) is 1. The first-order valence-corrected chi connectivity index (χ1v) is 7.34. The van der Waals surface area contributed by atoms with Crippen LogP contribution in [0, 0.1) is 5.41 Å². The number of imide groups is 1. The third-order valence-corrected chi connectivity index (χ3v) is 3.25. The third kappa shape index (κ3) is 6.55. The average molecular weight is 267 g/mol. The highest BCUT2D eigenvalue weighted by Crippen LogP contribution is 2.38. The maximum Gasteiger partial charge on any atom is 0.233 e. The van der Waals surface area contributed by atoms with Crippen LogP contribution in [0.2, 0.25) is 0 Å². The Bertz CT molecular complexity index is 309. The monoisotopic (exact) mass is 267 g/mol. The van der Waals surface area contributed by atoms with Gasteiger partial charge in [0.15, 0.2) is 0 Å². The topological polar surface area (TPSA) is 46.2 Å². The zero-order valence-electron chi connectivity index (χ0n) is 13.0. The molecular weight excluding hydrogens is 238 g/mol. The standard InChI is InChI=1S/C12H21NO2.C4H8/c1-3-5-7-12(8-6-4-2)9-10(14)13-11(12)15;1-4(2)3/h3-9H2,1-2H3,(H,13,14,15);1H2,2-3H3. The molecule has 19 heavy (non-hydrogen) atoms. The Morgan fingerprint density at radius 2 is 1.58 bits per heavy atom. The fourth-order valence-corrected chi connectivity index (χ4v) is 2.25. The van der Waals surface area contributed by atoms with Crippen molar-refractivity contribution in [3.8, 4) is 0 Å². The molecule has 0 saturated carbocycles. The maximum atomic E-state index is 11.8. The summed E-state index contributed by atoms with van der Waals surface area (Å²) in [5, 5.41) is 2.45. The summed E-state index contributed by atoms with van der Waals surface area (Å²) in [5.74, 6) is -0.124. The molecule has 0 spiro atoms. The Morgan fingerprint density at radius 3 is 1.84 bits per heavy atom. The summed E-state index contributed by atoms with van der Waals surface area (Å²) < 4.78 is 0. The minimum absolute atomic E-state index is 0.0330. The largest absolute Gasteiger partial charge is 0.296 e. The second kappa shape index (κ2) is 8.89. The van der Waals surface area contributed by atoms with E-state index in [1.54, 1.807) is 0 Å². The van der Waals surface area contributed by atoms with E-state index in [4.69, 9.17) is 0 Å². The van der Waals surface area contributed by atoms with Gasteiger partial charge >= 0.3 is 0 Å². The van der Waals surface area contributed by atoms with E-state index in [2.05, 4.69) is 25.7 Å². The van der Waals surface area contributed by atoms with Crippen LogP contribution in [0.4, 0.5) is 0 Å². The summed E-state index contributed by atoms with van der Waals surface area (Å²) in [4.78, 5) is 23.0. The van der Waals surface area contributed by atoms with Crippen molar-refractivity contribution >= 4 is 11.8 Å². The average Bonchev–Trinajstić information content (AvgIpc) is 2.59. The Morgan fingerprint density at radius 1 is 1.16 bits per heavy atom. The maximum absolute atomic E-state index is 11.8. The minimum Gasteiger partial charge on any atom is -0.296 e. The van der Waals surface area contributed by atoms with E-state index in [9.17, 15) is 9.59 Å². The number of rotatable bonds is 6. The molecule has 1 saturated heterocycles. The van der Waals surface area contributed by atoms with Gasteiger partial charge in [0.1, 0.15) is 0 Å². The fourth-order valence-electron chi connectivity index (χ4n) is 2.25. The lowest BCUT2D eigenvalue weighted by Gasteiger charge is -2.24. The SMILES string of the molecule is C=C(C)C.CCCCC1(CCCC)CC(=O)NC1=O. The molecule has 1 N–H and O–H groups in total. The highest BCUT2D eigenvalue weighted by molar-refractivity contribution is 6.05. The molecule has 0 aromatic rings.